The number of phenolic OH excluding ortho intramolecular Hbond substituents is 2. The molecule has 0 aliphatic rings. The lowest BCUT2D eigenvalue weighted by atomic mass is 10.1. The van der Waals surface area contributed by atoms with E-state index >= 15 is 0 Å². The van der Waals surface area contributed by atoms with Gasteiger partial charge in [0.15, 0.2) is 0 Å². The first-order chi connectivity index (χ1) is 7.93. The molecular formula is C12H16ClNO3. The third kappa shape index (κ3) is 3.53. The fourth-order valence-electron chi connectivity index (χ4n) is 1.28. The molecule has 5 heteroatoms. The van der Waals surface area contributed by atoms with Gasteiger partial charge in [0.1, 0.15) is 17.1 Å². The molecule has 0 saturated heterocycles. The number of carbonyl (C=O) groups is 1. The van der Waals surface area contributed by atoms with Crippen LogP contribution in [0.3, 0.4) is 0 Å². The van der Waals surface area contributed by atoms with Crippen LogP contribution in [0.2, 0.25) is 0 Å². The standard InChI is InChI=1S/C12H16ClNO3/c1-7(2)8(13)6-14-12(17)11-9(15)4-3-5-10(11)16/h3-5,7-8,15-16H,6H2,1-2H3,(H,14,17). The normalized spacial score (nSPS) is 12.5. The molecule has 1 unspecified atom stereocenters. The lowest BCUT2D eigenvalue weighted by Crippen LogP contribution is -2.32. The van der Waals surface area contributed by atoms with Crippen molar-refractivity contribution >= 4 is 17.5 Å². The second-order valence-electron chi connectivity index (χ2n) is 4.14. The second-order valence-corrected chi connectivity index (χ2v) is 4.70. The van der Waals surface area contributed by atoms with E-state index in [9.17, 15) is 15.0 Å². The van der Waals surface area contributed by atoms with Gasteiger partial charge in [0, 0.05) is 6.54 Å². The molecule has 0 aromatic heterocycles. The van der Waals surface area contributed by atoms with E-state index in [1.165, 1.54) is 18.2 Å². The summed E-state index contributed by atoms with van der Waals surface area (Å²) in [4.78, 5) is 11.7. The first-order valence-corrected chi connectivity index (χ1v) is 5.80. The molecule has 0 saturated carbocycles. The Morgan fingerprint density at radius 1 is 1.35 bits per heavy atom. The molecule has 1 aromatic rings. The van der Waals surface area contributed by atoms with Crippen molar-refractivity contribution in [3.8, 4) is 11.5 Å². The highest BCUT2D eigenvalue weighted by molar-refractivity contribution is 6.21. The van der Waals surface area contributed by atoms with Gasteiger partial charge in [0.25, 0.3) is 5.91 Å². The summed E-state index contributed by atoms with van der Waals surface area (Å²) >= 11 is 5.99. The zero-order valence-electron chi connectivity index (χ0n) is 9.77. The molecule has 0 radical (unpaired) electrons. The maximum absolute atomic E-state index is 11.7. The van der Waals surface area contributed by atoms with Crippen molar-refractivity contribution in [2.24, 2.45) is 5.92 Å². The van der Waals surface area contributed by atoms with Gasteiger partial charge in [-0.05, 0) is 18.1 Å². The molecule has 0 heterocycles. The summed E-state index contributed by atoms with van der Waals surface area (Å²) in [6, 6.07) is 4.14. The molecule has 0 spiro atoms. The van der Waals surface area contributed by atoms with Crippen LogP contribution in [-0.2, 0) is 0 Å². The number of hydrogen-bond donors (Lipinski definition) is 3. The van der Waals surface area contributed by atoms with Crippen molar-refractivity contribution in [3.63, 3.8) is 0 Å². The number of carbonyl (C=O) groups excluding carboxylic acids is 1. The molecule has 0 fully saturated rings. The highest BCUT2D eigenvalue weighted by Crippen LogP contribution is 2.25. The average Bonchev–Trinajstić information content (AvgIpc) is 2.25. The van der Waals surface area contributed by atoms with E-state index in [0.29, 0.717) is 0 Å². The number of rotatable bonds is 4. The molecule has 0 aliphatic heterocycles. The Labute approximate surface area is 105 Å². The van der Waals surface area contributed by atoms with Crippen LogP contribution in [0.25, 0.3) is 0 Å². The monoisotopic (exact) mass is 257 g/mol. The maximum atomic E-state index is 11.7. The van der Waals surface area contributed by atoms with E-state index < -0.39 is 5.91 Å². The lowest BCUT2D eigenvalue weighted by molar-refractivity contribution is 0.0947. The van der Waals surface area contributed by atoms with E-state index in [1.54, 1.807) is 0 Å². The molecule has 0 aliphatic carbocycles. The lowest BCUT2D eigenvalue weighted by Gasteiger charge is -2.14. The van der Waals surface area contributed by atoms with E-state index in [4.69, 9.17) is 11.6 Å². The van der Waals surface area contributed by atoms with Gasteiger partial charge in [-0.25, -0.2) is 0 Å². The number of phenols is 2. The Kier molecular flexibility index (Phi) is 4.63. The summed E-state index contributed by atoms with van der Waals surface area (Å²) in [6.45, 7) is 4.17. The van der Waals surface area contributed by atoms with Crippen molar-refractivity contribution in [1.82, 2.24) is 5.32 Å². The summed E-state index contributed by atoms with van der Waals surface area (Å²) in [6.07, 6.45) is 0. The third-order valence-electron chi connectivity index (χ3n) is 2.43. The first kappa shape index (κ1) is 13.6. The molecule has 3 N–H and O–H groups in total. The second kappa shape index (κ2) is 5.77. The molecule has 1 amide bonds. The quantitative estimate of drug-likeness (QED) is 0.724. The summed E-state index contributed by atoms with van der Waals surface area (Å²) in [5, 5.41) is 21.3. The van der Waals surface area contributed by atoms with Crippen molar-refractivity contribution < 1.29 is 15.0 Å². The predicted octanol–water partition coefficient (Wildman–Crippen LogP) is 2.09. The molecule has 1 atom stereocenters. The number of benzene rings is 1. The van der Waals surface area contributed by atoms with Crippen LogP contribution in [0.5, 0.6) is 11.5 Å². The van der Waals surface area contributed by atoms with Crippen molar-refractivity contribution in [2.75, 3.05) is 6.54 Å². The fourth-order valence-corrected chi connectivity index (χ4v) is 1.35. The summed E-state index contributed by atoms with van der Waals surface area (Å²) in [7, 11) is 0. The average molecular weight is 258 g/mol. The van der Waals surface area contributed by atoms with E-state index in [-0.39, 0.29) is 34.9 Å². The van der Waals surface area contributed by atoms with Crippen molar-refractivity contribution in [2.45, 2.75) is 19.2 Å². The zero-order valence-corrected chi connectivity index (χ0v) is 10.5. The minimum Gasteiger partial charge on any atom is -0.507 e. The number of aromatic hydroxyl groups is 2. The van der Waals surface area contributed by atoms with Crippen LogP contribution in [0.1, 0.15) is 24.2 Å². The minimum atomic E-state index is -0.535. The Balaban J connectivity index is 2.71. The maximum Gasteiger partial charge on any atom is 0.258 e. The molecule has 0 bridgehead atoms. The van der Waals surface area contributed by atoms with E-state index in [2.05, 4.69) is 5.32 Å². The van der Waals surface area contributed by atoms with Crippen LogP contribution in [-0.4, -0.2) is 28.0 Å². The van der Waals surface area contributed by atoms with Gasteiger partial charge in [-0.3, -0.25) is 4.79 Å². The molecule has 94 valence electrons. The Morgan fingerprint density at radius 2 is 1.88 bits per heavy atom. The van der Waals surface area contributed by atoms with Gasteiger partial charge < -0.3 is 15.5 Å². The predicted molar refractivity (Wildman–Crippen MR) is 66.6 cm³/mol. The van der Waals surface area contributed by atoms with Gasteiger partial charge >= 0.3 is 0 Å². The van der Waals surface area contributed by atoms with Crippen LogP contribution >= 0.6 is 11.6 Å². The van der Waals surface area contributed by atoms with Crippen LogP contribution in [0.4, 0.5) is 0 Å². The molecular weight excluding hydrogens is 242 g/mol. The topological polar surface area (TPSA) is 69.6 Å². The van der Waals surface area contributed by atoms with Crippen molar-refractivity contribution in [1.29, 1.82) is 0 Å². The molecule has 1 aromatic carbocycles. The molecule has 1 rings (SSSR count). The van der Waals surface area contributed by atoms with Crippen LogP contribution in [0, 0.1) is 5.92 Å². The number of hydrogen-bond acceptors (Lipinski definition) is 3. The van der Waals surface area contributed by atoms with Crippen LogP contribution in [0.15, 0.2) is 18.2 Å². The van der Waals surface area contributed by atoms with Crippen molar-refractivity contribution in [3.05, 3.63) is 23.8 Å². The van der Waals surface area contributed by atoms with Gasteiger partial charge in [0.05, 0.1) is 5.38 Å². The summed E-state index contributed by atoms with van der Waals surface area (Å²) in [5.74, 6) is -0.807. The molecule has 4 nitrogen and oxygen atoms in total. The van der Waals surface area contributed by atoms with Gasteiger partial charge in [-0.15, -0.1) is 11.6 Å². The molecule has 17 heavy (non-hydrogen) atoms. The Morgan fingerprint density at radius 3 is 2.35 bits per heavy atom. The van der Waals surface area contributed by atoms with Gasteiger partial charge in [-0.2, -0.15) is 0 Å². The minimum absolute atomic E-state index is 0.125. The van der Waals surface area contributed by atoms with Gasteiger partial charge in [-0.1, -0.05) is 19.9 Å². The Hall–Kier alpha value is -1.42. The SMILES string of the molecule is CC(C)C(Cl)CNC(=O)c1c(O)cccc1O. The van der Waals surface area contributed by atoms with E-state index in [1.807, 2.05) is 13.8 Å². The number of halogens is 1. The number of alkyl halides is 1. The zero-order chi connectivity index (χ0) is 13.0. The summed E-state index contributed by atoms with van der Waals surface area (Å²) < 4.78 is 0. The highest BCUT2D eigenvalue weighted by atomic mass is 35.5. The smallest absolute Gasteiger partial charge is 0.258 e. The number of amides is 1. The number of nitrogens with one attached hydrogen (secondary N) is 1. The van der Waals surface area contributed by atoms with Crippen LogP contribution < -0.4 is 5.32 Å². The largest absolute Gasteiger partial charge is 0.507 e. The van der Waals surface area contributed by atoms with Gasteiger partial charge in [0.2, 0.25) is 0 Å². The Bertz CT molecular complexity index is 386. The fraction of sp³-hybridized carbons (Fsp3) is 0.417. The van der Waals surface area contributed by atoms with E-state index in [0.717, 1.165) is 0 Å². The third-order valence-corrected chi connectivity index (χ3v) is 3.09. The highest BCUT2D eigenvalue weighted by Gasteiger charge is 2.17. The summed E-state index contributed by atoms with van der Waals surface area (Å²) in [5.41, 5.74) is -0.125. The first-order valence-electron chi connectivity index (χ1n) is 5.36.